The molecule has 1 N–H and O–H groups in total. The highest BCUT2D eigenvalue weighted by Crippen LogP contribution is 2.22. The molecule has 0 fully saturated rings. The summed E-state index contributed by atoms with van der Waals surface area (Å²) in [6.07, 6.45) is 7.68. The summed E-state index contributed by atoms with van der Waals surface area (Å²) in [5.74, 6) is 0. The predicted octanol–water partition coefficient (Wildman–Crippen LogP) is 3.06. The van der Waals surface area contributed by atoms with Crippen LogP contribution >= 0.6 is 0 Å². The number of aromatic nitrogens is 3. The molecule has 3 rings (SSSR count). The summed E-state index contributed by atoms with van der Waals surface area (Å²) < 4.78 is 1.93. The van der Waals surface area contributed by atoms with E-state index in [1.54, 1.807) is 0 Å². The molecule has 0 atom stereocenters. The number of nitrogens with one attached hydrogen (secondary N) is 1. The van der Waals surface area contributed by atoms with Crippen molar-refractivity contribution in [3.05, 3.63) is 54.6 Å². The second-order valence-electron chi connectivity index (χ2n) is 4.46. The zero-order valence-electron chi connectivity index (χ0n) is 10.9. The van der Waals surface area contributed by atoms with Gasteiger partial charge in [0.1, 0.15) is 0 Å². The van der Waals surface area contributed by atoms with Gasteiger partial charge in [-0.2, -0.15) is 5.10 Å². The van der Waals surface area contributed by atoms with Crippen LogP contribution in [-0.2, 0) is 13.1 Å². The van der Waals surface area contributed by atoms with Gasteiger partial charge in [0.05, 0.1) is 6.20 Å². The van der Waals surface area contributed by atoms with Crippen molar-refractivity contribution in [2.75, 3.05) is 5.32 Å². The maximum absolute atomic E-state index is 4.28. The smallest absolute Gasteiger partial charge is 0.0539 e. The van der Waals surface area contributed by atoms with Crippen LogP contribution in [-0.4, -0.2) is 14.8 Å². The number of hydrogen-bond acceptors (Lipinski definition) is 3. The number of hydrogen-bond donors (Lipinski definition) is 1. The lowest BCUT2D eigenvalue weighted by Gasteiger charge is -2.08. The molecule has 3 aromatic rings. The Balaban J connectivity index is 1.81. The lowest BCUT2D eigenvalue weighted by atomic mass is 10.1. The van der Waals surface area contributed by atoms with E-state index in [1.165, 1.54) is 10.9 Å². The highest BCUT2D eigenvalue weighted by Gasteiger charge is 2.01. The zero-order chi connectivity index (χ0) is 13.1. The van der Waals surface area contributed by atoms with Crippen molar-refractivity contribution in [2.24, 2.45) is 0 Å². The number of benzene rings is 1. The molecule has 2 aromatic heterocycles. The van der Waals surface area contributed by atoms with E-state index in [0.717, 1.165) is 24.2 Å². The van der Waals surface area contributed by atoms with Gasteiger partial charge in [-0.05, 0) is 19.1 Å². The highest BCUT2D eigenvalue weighted by atomic mass is 15.3. The molecule has 0 radical (unpaired) electrons. The van der Waals surface area contributed by atoms with Crippen LogP contribution in [0.3, 0.4) is 0 Å². The van der Waals surface area contributed by atoms with Gasteiger partial charge in [-0.3, -0.25) is 9.67 Å². The van der Waals surface area contributed by atoms with Crippen LogP contribution in [0.25, 0.3) is 10.8 Å². The van der Waals surface area contributed by atoms with Gasteiger partial charge in [0.25, 0.3) is 0 Å². The van der Waals surface area contributed by atoms with Gasteiger partial charge < -0.3 is 5.32 Å². The SMILES string of the molecule is CCn1cc(CNc2cccc3cnccc23)cn1. The fourth-order valence-corrected chi connectivity index (χ4v) is 2.14. The van der Waals surface area contributed by atoms with Crippen LogP contribution in [0.4, 0.5) is 5.69 Å². The second kappa shape index (κ2) is 5.10. The Bertz CT molecular complexity index is 682. The third-order valence-corrected chi connectivity index (χ3v) is 3.17. The summed E-state index contributed by atoms with van der Waals surface area (Å²) in [5.41, 5.74) is 2.32. The molecule has 0 bridgehead atoms. The standard InChI is InChI=1S/C15H16N4/c1-2-19-11-12(9-18-19)8-17-15-5-3-4-13-10-16-7-6-14(13)15/h3-7,9-11,17H,2,8H2,1H3. The number of anilines is 1. The predicted molar refractivity (Wildman–Crippen MR) is 77.0 cm³/mol. The number of aryl methyl sites for hydroxylation is 1. The molecule has 0 unspecified atom stereocenters. The van der Waals surface area contributed by atoms with E-state index in [9.17, 15) is 0 Å². The van der Waals surface area contributed by atoms with Crippen molar-refractivity contribution in [1.29, 1.82) is 0 Å². The molecule has 0 aliphatic carbocycles. The number of nitrogens with zero attached hydrogens (tertiary/aromatic N) is 3. The molecule has 1 aromatic carbocycles. The average Bonchev–Trinajstić information content (AvgIpc) is 2.93. The Kier molecular flexibility index (Phi) is 3.14. The monoisotopic (exact) mass is 252 g/mol. The maximum Gasteiger partial charge on any atom is 0.0539 e. The first kappa shape index (κ1) is 11.7. The lowest BCUT2D eigenvalue weighted by Crippen LogP contribution is -1.99. The number of rotatable bonds is 4. The summed E-state index contributed by atoms with van der Waals surface area (Å²) in [7, 11) is 0. The third kappa shape index (κ3) is 2.42. The van der Waals surface area contributed by atoms with Gasteiger partial charge in [0, 0.05) is 53.7 Å². The van der Waals surface area contributed by atoms with Crippen molar-refractivity contribution in [2.45, 2.75) is 20.0 Å². The fraction of sp³-hybridized carbons (Fsp3) is 0.200. The molecule has 19 heavy (non-hydrogen) atoms. The second-order valence-corrected chi connectivity index (χ2v) is 4.46. The molecular weight excluding hydrogens is 236 g/mol. The summed E-state index contributed by atoms with van der Waals surface area (Å²) in [5, 5.41) is 10.1. The lowest BCUT2D eigenvalue weighted by molar-refractivity contribution is 0.659. The van der Waals surface area contributed by atoms with Crippen LogP contribution in [0.2, 0.25) is 0 Å². The number of fused-ring (bicyclic) bond motifs is 1. The van der Waals surface area contributed by atoms with E-state index in [1.807, 2.05) is 35.4 Å². The van der Waals surface area contributed by atoms with Crippen molar-refractivity contribution < 1.29 is 0 Å². The molecule has 4 heteroatoms. The zero-order valence-corrected chi connectivity index (χ0v) is 10.9. The first-order valence-corrected chi connectivity index (χ1v) is 6.45. The summed E-state index contributed by atoms with van der Waals surface area (Å²) >= 11 is 0. The Morgan fingerprint density at radius 2 is 2.16 bits per heavy atom. The molecule has 2 heterocycles. The van der Waals surface area contributed by atoms with E-state index in [2.05, 4.69) is 40.7 Å². The minimum Gasteiger partial charge on any atom is -0.380 e. The average molecular weight is 252 g/mol. The Morgan fingerprint density at radius 1 is 1.21 bits per heavy atom. The quantitative estimate of drug-likeness (QED) is 0.776. The van der Waals surface area contributed by atoms with Gasteiger partial charge in [-0.15, -0.1) is 0 Å². The number of pyridine rings is 1. The topological polar surface area (TPSA) is 42.7 Å². The summed E-state index contributed by atoms with van der Waals surface area (Å²) in [4.78, 5) is 4.15. The third-order valence-electron chi connectivity index (χ3n) is 3.17. The van der Waals surface area contributed by atoms with E-state index < -0.39 is 0 Å². The molecule has 0 saturated heterocycles. The summed E-state index contributed by atoms with van der Waals surface area (Å²) in [6, 6.07) is 8.24. The van der Waals surface area contributed by atoms with Crippen LogP contribution < -0.4 is 5.32 Å². The first-order chi connectivity index (χ1) is 9.36. The van der Waals surface area contributed by atoms with Crippen LogP contribution in [0.15, 0.2) is 49.1 Å². The van der Waals surface area contributed by atoms with Crippen molar-refractivity contribution >= 4 is 16.5 Å². The van der Waals surface area contributed by atoms with Crippen LogP contribution in [0.5, 0.6) is 0 Å². The molecule has 0 amide bonds. The van der Waals surface area contributed by atoms with Gasteiger partial charge in [-0.25, -0.2) is 0 Å². The van der Waals surface area contributed by atoms with Crippen molar-refractivity contribution in [3.8, 4) is 0 Å². The molecule has 0 spiro atoms. The Morgan fingerprint density at radius 3 is 3.00 bits per heavy atom. The van der Waals surface area contributed by atoms with Gasteiger partial charge >= 0.3 is 0 Å². The Labute approximate surface area is 112 Å². The molecular formula is C15H16N4. The van der Waals surface area contributed by atoms with Gasteiger partial charge in [0.2, 0.25) is 0 Å². The van der Waals surface area contributed by atoms with Crippen molar-refractivity contribution in [3.63, 3.8) is 0 Å². The largest absolute Gasteiger partial charge is 0.380 e. The van der Waals surface area contributed by atoms with E-state index in [4.69, 9.17) is 0 Å². The van der Waals surface area contributed by atoms with Crippen molar-refractivity contribution in [1.82, 2.24) is 14.8 Å². The molecule has 0 aliphatic rings. The van der Waals surface area contributed by atoms with E-state index in [0.29, 0.717) is 0 Å². The fourth-order valence-electron chi connectivity index (χ4n) is 2.14. The minimum absolute atomic E-state index is 0.779. The van der Waals surface area contributed by atoms with E-state index in [-0.39, 0.29) is 0 Å². The van der Waals surface area contributed by atoms with Crippen LogP contribution in [0.1, 0.15) is 12.5 Å². The molecule has 4 nitrogen and oxygen atoms in total. The summed E-state index contributed by atoms with van der Waals surface area (Å²) in [6.45, 7) is 3.77. The highest BCUT2D eigenvalue weighted by molar-refractivity contribution is 5.93. The van der Waals surface area contributed by atoms with Gasteiger partial charge in [0.15, 0.2) is 0 Å². The van der Waals surface area contributed by atoms with Crippen LogP contribution in [0, 0.1) is 0 Å². The molecule has 0 saturated carbocycles. The Hall–Kier alpha value is -2.36. The molecule has 0 aliphatic heterocycles. The first-order valence-electron chi connectivity index (χ1n) is 6.45. The maximum atomic E-state index is 4.28. The molecule has 96 valence electrons. The normalized spacial score (nSPS) is 10.8. The minimum atomic E-state index is 0.779. The van der Waals surface area contributed by atoms with Gasteiger partial charge in [-0.1, -0.05) is 12.1 Å². The van der Waals surface area contributed by atoms with E-state index >= 15 is 0 Å².